The summed E-state index contributed by atoms with van der Waals surface area (Å²) >= 11 is 8.35. The van der Waals surface area contributed by atoms with E-state index in [0.29, 0.717) is 6.04 Å². The van der Waals surface area contributed by atoms with Crippen molar-refractivity contribution in [1.82, 2.24) is 4.90 Å². The summed E-state index contributed by atoms with van der Waals surface area (Å²) in [5, 5.41) is 1.61. The highest BCUT2D eigenvalue weighted by Gasteiger charge is 2.35. The number of rotatable bonds is 3. The van der Waals surface area contributed by atoms with Gasteiger partial charge < -0.3 is 9.80 Å². The minimum atomic E-state index is 0. The van der Waals surface area contributed by atoms with E-state index in [-0.39, 0.29) is 12.4 Å². The Morgan fingerprint density at radius 1 is 1.23 bits per heavy atom. The zero-order valence-corrected chi connectivity index (χ0v) is 15.8. The molecule has 2 nitrogen and oxygen atoms in total. The lowest BCUT2D eigenvalue weighted by atomic mass is 10.0. The van der Waals surface area contributed by atoms with E-state index in [4.69, 9.17) is 11.6 Å². The van der Waals surface area contributed by atoms with Gasteiger partial charge in [0.15, 0.2) is 0 Å². The first-order valence-electron chi connectivity index (χ1n) is 8.03. The molecule has 124 valence electrons. The fraction of sp³-hybridized carbons (Fsp3) is 0.647. The third-order valence-corrected chi connectivity index (χ3v) is 6.30. The summed E-state index contributed by atoms with van der Waals surface area (Å²) in [5.41, 5.74) is 1.36. The molecule has 1 aliphatic heterocycles. The van der Waals surface area contributed by atoms with Crippen molar-refractivity contribution in [2.75, 3.05) is 32.1 Å². The highest BCUT2D eigenvalue weighted by Crippen LogP contribution is 2.46. The Morgan fingerprint density at radius 3 is 2.77 bits per heavy atom. The molecule has 5 heteroatoms. The number of hydrogen-bond acceptors (Lipinski definition) is 3. The molecule has 0 saturated heterocycles. The zero-order valence-electron chi connectivity index (χ0n) is 13.4. The van der Waals surface area contributed by atoms with Crippen LogP contribution in [0.3, 0.4) is 0 Å². The molecule has 0 amide bonds. The van der Waals surface area contributed by atoms with E-state index < -0.39 is 0 Å². The molecule has 1 heterocycles. The van der Waals surface area contributed by atoms with Crippen LogP contribution in [-0.4, -0.2) is 43.4 Å². The summed E-state index contributed by atoms with van der Waals surface area (Å²) < 4.78 is 0. The van der Waals surface area contributed by atoms with E-state index in [1.165, 1.54) is 42.7 Å². The van der Waals surface area contributed by atoms with Gasteiger partial charge in [0, 0.05) is 34.3 Å². The number of fused-ring (bicyclic) bond motifs is 2. The van der Waals surface area contributed by atoms with Crippen molar-refractivity contribution in [2.45, 2.75) is 48.3 Å². The van der Waals surface area contributed by atoms with Crippen LogP contribution in [-0.2, 0) is 0 Å². The minimum Gasteiger partial charge on any atom is -0.365 e. The first-order valence-corrected chi connectivity index (χ1v) is 9.28. The van der Waals surface area contributed by atoms with Gasteiger partial charge in [-0.2, -0.15) is 0 Å². The van der Waals surface area contributed by atoms with Gasteiger partial charge >= 0.3 is 0 Å². The summed E-state index contributed by atoms with van der Waals surface area (Å²) in [7, 11) is 4.31. The highest BCUT2D eigenvalue weighted by atomic mass is 35.5. The molecule has 1 aliphatic carbocycles. The molecule has 1 fully saturated rings. The van der Waals surface area contributed by atoms with Crippen LogP contribution >= 0.6 is 35.8 Å². The lowest BCUT2D eigenvalue weighted by Crippen LogP contribution is -2.47. The van der Waals surface area contributed by atoms with Crippen molar-refractivity contribution >= 4 is 41.5 Å². The average Bonchev–Trinajstić information content (AvgIpc) is 2.68. The molecule has 2 unspecified atom stereocenters. The molecule has 0 N–H and O–H groups in total. The molecule has 0 bridgehead atoms. The van der Waals surface area contributed by atoms with Gasteiger partial charge in [-0.15, -0.1) is 24.2 Å². The smallest absolute Gasteiger partial charge is 0.0522 e. The van der Waals surface area contributed by atoms with E-state index >= 15 is 0 Å². The molecule has 2 atom stereocenters. The molecule has 1 aromatic carbocycles. The fourth-order valence-corrected chi connectivity index (χ4v) is 5.16. The van der Waals surface area contributed by atoms with E-state index in [1.807, 2.05) is 6.07 Å². The molecule has 0 aromatic heterocycles. The second kappa shape index (κ2) is 8.14. The monoisotopic (exact) mass is 360 g/mol. The molecule has 0 spiro atoms. The summed E-state index contributed by atoms with van der Waals surface area (Å²) in [5.74, 6) is 0. The molecule has 2 aliphatic rings. The van der Waals surface area contributed by atoms with Crippen molar-refractivity contribution in [2.24, 2.45) is 0 Å². The van der Waals surface area contributed by atoms with Gasteiger partial charge in [-0.25, -0.2) is 0 Å². The lowest BCUT2D eigenvalue weighted by molar-refractivity contribution is 0.397. The number of likely N-dealkylation sites (N-methyl/N-ethyl adjacent to an activating group) is 1. The Labute approximate surface area is 150 Å². The van der Waals surface area contributed by atoms with Gasteiger partial charge in [-0.05, 0) is 45.1 Å². The normalized spacial score (nSPS) is 24.3. The van der Waals surface area contributed by atoms with E-state index in [1.54, 1.807) is 0 Å². The average molecular weight is 361 g/mol. The minimum absolute atomic E-state index is 0. The van der Waals surface area contributed by atoms with E-state index in [0.717, 1.165) is 23.4 Å². The summed E-state index contributed by atoms with van der Waals surface area (Å²) in [6.07, 6.45) is 6.84. The Hall–Kier alpha value is -0.0900. The second-order valence-electron chi connectivity index (χ2n) is 6.47. The van der Waals surface area contributed by atoms with Crippen LogP contribution in [0.2, 0.25) is 5.02 Å². The Kier molecular flexibility index (Phi) is 6.75. The van der Waals surface area contributed by atoms with Gasteiger partial charge in [-0.1, -0.05) is 30.9 Å². The predicted octanol–water partition coefficient (Wildman–Crippen LogP) is 4.94. The number of thioether (sulfide) groups is 1. The van der Waals surface area contributed by atoms with Crippen LogP contribution < -0.4 is 4.90 Å². The maximum absolute atomic E-state index is 6.27. The molecular weight excluding hydrogens is 335 g/mol. The molecule has 0 radical (unpaired) electrons. The van der Waals surface area contributed by atoms with Crippen molar-refractivity contribution in [3.8, 4) is 0 Å². The van der Waals surface area contributed by atoms with Gasteiger partial charge in [0.1, 0.15) is 0 Å². The first-order chi connectivity index (χ1) is 10.1. The number of nitrogens with zero attached hydrogens (tertiary/aromatic N) is 2. The number of halogens is 2. The van der Waals surface area contributed by atoms with E-state index in [9.17, 15) is 0 Å². The largest absolute Gasteiger partial charge is 0.365 e. The second-order valence-corrected chi connectivity index (χ2v) is 8.19. The summed E-state index contributed by atoms with van der Waals surface area (Å²) in [6.45, 7) is 2.20. The maximum Gasteiger partial charge on any atom is 0.0522 e. The molecule has 3 rings (SSSR count). The van der Waals surface area contributed by atoms with Crippen LogP contribution in [0, 0.1) is 0 Å². The van der Waals surface area contributed by atoms with Gasteiger partial charge in [0.05, 0.1) is 5.69 Å². The number of hydrogen-bond donors (Lipinski definition) is 0. The quantitative estimate of drug-likeness (QED) is 0.753. The fourth-order valence-electron chi connectivity index (χ4n) is 3.50. The Bertz CT molecular complexity index is 496. The number of benzene rings is 1. The van der Waals surface area contributed by atoms with Crippen LogP contribution in [0.1, 0.15) is 32.1 Å². The van der Waals surface area contributed by atoms with Crippen molar-refractivity contribution in [3.05, 3.63) is 23.2 Å². The lowest BCUT2D eigenvalue weighted by Gasteiger charge is -2.43. The Morgan fingerprint density at radius 2 is 2.00 bits per heavy atom. The standard InChI is InChI=1S/C17H25ClN2S.ClH/c1-19(2)10-11-20-14-6-4-3-5-7-16(14)21-17-9-8-13(18)12-15(17)20;/h8-9,12,14,16H,3-7,10-11H2,1-2H3;1H. The van der Waals surface area contributed by atoms with Crippen molar-refractivity contribution in [3.63, 3.8) is 0 Å². The SMILES string of the molecule is CN(C)CCN1c2cc(Cl)ccc2SC2CCCCCC21.Cl. The van der Waals surface area contributed by atoms with Crippen LogP contribution in [0.5, 0.6) is 0 Å². The third-order valence-electron chi connectivity index (χ3n) is 4.61. The van der Waals surface area contributed by atoms with Crippen LogP contribution in [0.25, 0.3) is 0 Å². The van der Waals surface area contributed by atoms with Gasteiger partial charge in [-0.3, -0.25) is 0 Å². The number of anilines is 1. The first kappa shape index (κ1) is 18.3. The van der Waals surface area contributed by atoms with Crippen molar-refractivity contribution in [1.29, 1.82) is 0 Å². The molecule has 22 heavy (non-hydrogen) atoms. The van der Waals surface area contributed by atoms with Crippen molar-refractivity contribution < 1.29 is 0 Å². The highest BCUT2D eigenvalue weighted by molar-refractivity contribution is 8.00. The van der Waals surface area contributed by atoms with Crippen LogP contribution in [0.4, 0.5) is 5.69 Å². The topological polar surface area (TPSA) is 6.48 Å². The summed E-state index contributed by atoms with van der Waals surface area (Å²) in [4.78, 5) is 6.34. The zero-order chi connectivity index (χ0) is 14.8. The van der Waals surface area contributed by atoms with E-state index in [2.05, 4.69) is 47.8 Å². The Balaban J connectivity index is 0.00000176. The van der Waals surface area contributed by atoms with Gasteiger partial charge in [0.2, 0.25) is 0 Å². The third kappa shape index (κ3) is 4.05. The summed E-state index contributed by atoms with van der Waals surface area (Å²) in [6, 6.07) is 7.10. The predicted molar refractivity (Wildman–Crippen MR) is 101 cm³/mol. The van der Waals surface area contributed by atoms with Gasteiger partial charge in [0.25, 0.3) is 0 Å². The molecular formula is C17H26Cl2N2S. The maximum atomic E-state index is 6.27. The van der Waals surface area contributed by atoms with Crippen LogP contribution in [0.15, 0.2) is 23.1 Å². The molecule has 1 saturated carbocycles. The molecule has 1 aromatic rings.